The third kappa shape index (κ3) is 3.46. The van der Waals surface area contributed by atoms with Gasteiger partial charge in [0, 0.05) is 5.56 Å². The molecule has 0 spiro atoms. The van der Waals surface area contributed by atoms with Crippen LogP contribution in [0.25, 0.3) is 33.1 Å². The average molecular weight is 411 g/mol. The zero-order valence-electron chi connectivity index (χ0n) is 16.5. The molecule has 0 radical (unpaired) electrons. The first-order valence-corrected chi connectivity index (χ1v) is 9.75. The van der Waals surface area contributed by atoms with Gasteiger partial charge >= 0.3 is 5.97 Å². The molecule has 0 aliphatic heterocycles. The summed E-state index contributed by atoms with van der Waals surface area (Å²) in [5.74, 6) is 0.331. The Bertz CT molecular complexity index is 1470. The average Bonchev–Trinajstić information content (AvgIpc) is 3.23. The van der Waals surface area contributed by atoms with Gasteiger partial charge < -0.3 is 14.2 Å². The molecule has 0 fully saturated rings. The molecule has 1 N–H and O–H groups in total. The molecule has 7 heteroatoms. The van der Waals surface area contributed by atoms with Gasteiger partial charge in [-0.3, -0.25) is 4.79 Å². The van der Waals surface area contributed by atoms with Gasteiger partial charge in [-0.2, -0.15) is 0 Å². The summed E-state index contributed by atoms with van der Waals surface area (Å²) in [4.78, 5) is 32.2. The van der Waals surface area contributed by atoms with Crippen molar-refractivity contribution >= 4 is 27.8 Å². The van der Waals surface area contributed by atoms with E-state index in [1.807, 2.05) is 30.3 Å². The number of H-pyrrole nitrogens is 1. The topological polar surface area (TPSA) is 98.1 Å². The number of hydrogen-bond donors (Lipinski definition) is 1. The fourth-order valence-corrected chi connectivity index (χ4v) is 3.45. The Morgan fingerprint density at radius 3 is 2.58 bits per heavy atom. The molecule has 0 unspecified atom stereocenters. The van der Waals surface area contributed by atoms with Crippen molar-refractivity contribution in [2.75, 3.05) is 0 Å². The van der Waals surface area contributed by atoms with E-state index in [-0.39, 0.29) is 11.4 Å². The van der Waals surface area contributed by atoms with Crippen LogP contribution in [0, 0.1) is 0 Å². The fraction of sp³-hybridized carbons (Fsp3) is 0.0833. The Balaban J connectivity index is 1.44. The lowest BCUT2D eigenvalue weighted by molar-refractivity contribution is 0.0320. The number of aromatic amines is 1. The van der Waals surface area contributed by atoms with E-state index in [0.717, 1.165) is 5.56 Å². The second-order valence-electron chi connectivity index (χ2n) is 7.13. The lowest BCUT2D eigenvalue weighted by Crippen LogP contribution is -2.17. The first-order valence-electron chi connectivity index (χ1n) is 9.75. The van der Waals surface area contributed by atoms with Crippen LogP contribution < -0.4 is 5.56 Å². The normalized spacial score (nSPS) is 12.2. The maximum absolute atomic E-state index is 12.8. The monoisotopic (exact) mass is 411 g/mol. The number of nitrogens with zero attached hydrogens (tertiary/aromatic N) is 2. The number of carbonyl (C=O) groups excluding carboxylic acids is 1. The number of nitrogens with one attached hydrogen (secondary N) is 1. The van der Waals surface area contributed by atoms with Gasteiger partial charge in [0.2, 0.25) is 0 Å². The number of aromatic nitrogens is 3. The molecule has 0 aliphatic carbocycles. The number of benzene rings is 3. The van der Waals surface area contributed by atoms with Crippen molar-refractivity contribution in [3.8, 4) is 11.3 Å². The summed E-state index contributed by atoms with van der Waals surface area (Å²) in [5, 5.41) is 5.26. The molecular weight excluding hydrogens is 394 g/mol. The van der Waals surface area contributed by atoms with Gasteiger partial charge in [0.25, 0.3) is 5.56 Å². The maximum atomic E-state index is 12.8. The van der Waals surface area contributed by atoms with Crippen LogP contribution in [0.5, 0.6) is 0 Å². The largest absolute Gasteiger partial charge is 0.451 e. The number of fused-ring (bicyclic) bond motifs is 2. The summed E-state index contributed by atoms with van der Waals surface area (Å²) < 4.78 is 11.1. The van der Waals surface area contributed by atoms with Gasteiger partial charge in [0.15, 0.2) is 17.7 Å². The van der Waals surface area contributed by atoms with Gasteiger partial charge in [-0.1, -0.05) is 47.6 Å². The SMILES string of the molecule is C[C@H](OC(=O)c1ccc2noc(-c3ccccc3)c2c1)c1nc2ccccc2c(=O)[nH]1. The molecule has 5 aromatic rings. The van der Waals surface area contributed by atoms with E-state index in [2.05, 4.69) is 15.1 Å². The summed E-state index contributed by atoms with van der Waals surface area (Å²) in [6.45, 7) is 1.66. The number of ether oxygens (including phenoxy) is 1. The highest BCUT2D eigenvalue weighted by atomic mass is 16.5. The van der Waals surface area contributed by atoms with Gasteiger partial charge in [-0.15, -0.1) is 0 Å². The molecule has 0 aliphatic rings. The van der Waals surface area contributed by atoms with E-state index in [0.29, 0.717) is 33.1 Å². The molecule has 0 saturated heterocycles. The number of hydrogen-bond acceptors (Lipinski definition) is 6. The molecule has 31 heavy (non-hydrogen) atoms. The Morgan fingerprint density at radius 2 is 1.74 bits per heavy atom. The van der Waals surface area contributed by atoms with E-state index < -0.39 is 12.1 Å². The van der Waals surface area contributed by atoms with Crippen LogP contribution >= 0.6 is 0 Å². The minimum atomic E-state index is -0.739. The predicted octanol–water partition coefficient (Wildman–Crippen LogP) is 4.65. The van der Waals surface area contributed by atoms with Crippen LogP contribution in [0.4, 0.5) is 0 Å². The van der Waals surface area contributed by atoms with Crippen molar-refractivity contribution in [2.45, 2.75) is 13.0 Å². The van der Waals surface area contributed by atoms with E-state index in [9.17, 15) is 9.59 Å². The lowest BCUT2D eigenvalue weighted by atomic mass is 10.1. The third-order valence-electron chi connectivity index (χ3n) is 5.05. The Morgan fingerprint density at radius 1 is 0.968 bits per heavy atom. The van der Waals surface area contributed by atoms with Crippen molar-refractivity contribution in [3.63, 3.8) is 0 Å². The maximum Gasteiger partial charge on any atom is 0.338 e. The molecule has 152 valence electrons. The van der Waals surface area contributed by atoms with Crippen LogP contribution in [-0.2, 0) is 4.74 Å². The lowest BCUT2D eigenvalue weighted by Gasteiger charge is -2.13. The number of rotatable bonds is 4. The summed E-state index contributed by atoms with van der Waals surface area (Å²) in [7, 11) is 0. The van der Waals surface area contributed by atoms with E-state index in [4.69, 9.17) is 9.26 Å². The van der Waals surface area contributed by atoms with Gasteiger partial charge in [0.1, 0.15) is 5.52 Å². The molecular formula is C24H17N3O4. The summed E-state index contributed by atoms with van der Waals surface area (Å²) in [5.41, 5.74) is 2.12. The summed E-state index contributed by atoms with van der Waals surface area (Å²) in [6, 6.07) is 21.6. The van der Waals surface area contributed by atoms with E-state index >= 15 is 0 Å². The zero-order chi connectivity index (χ0) is 21.4. The summed E-state index contributed by atoms with van der Waals surface area (Å²) in [6.07, 6.45) is -0.739. The molecule has 7 nitrogen and oxygen atoms in total. The molecule has 0 bridgehead atoms. The molecule has 0 saturated carbocycles. The highest BCUT2D eigenvalue weighted by Crippen LogP contribution is 2.29. The first kappa shape index (κ1) is 18.7. The summed E-state index contributed by atoms with van der Waals surface area (Å²) >= 11 is 0. The van der Waals surface area contributed by atoms with Gasteiger partial charge in [-0.25, -0.2) is 9.78 Å². The molecule has 0 amide bonds. The zero-order valence-corrected chi connectivity index (χ0v) is 16.5. The number of carbonyl (C=O) groups is 1. The Hall–Kier alpha value is -4.26. The van der Waals surface area contributed by atoms with E-state index in [1.165, 1.54) is 0 Å². The predicted molar refractivity (Wildman–Crippen MR) is 116 cm³/mol. The van der Waals surface area contributed by atoms with Crippen molar-refractivity contribution in [3.05, 3.63) is 94.5 Å². The standard InChI is InChI=1S/C24H17N3O4/c1-14(22-25-19-10-6-5-9-17(19)23(28)26-22)30-24(29)16-11-12-20-18(13-16)21(31-27-20)15-7-3-2-4-8-15/h2-14H,1H3,(H,25,26,28)/t14-/m0/s1. The van der Waals surface area contributed by atoms with Crippen LogP contribution in [0.1, 0.15) is 29.2 Å². The second-order valence-corrected chi connectivity index (χ2v) is 7.13. The minimum Gasteiger partial charge on any atom is -0.451 e. The van der Waals surface area contributed by atoms with Gasteiger partial charge in [0.05, 0.1) is 21.9 Å². The van der Waals surface area contributed by atoms with Crippen molar-refractivity contribution < 1.29 is 14.1 Å². The van der Waals surface area contributed by atoms with Crippen LogP contribution in [0.3, 0.4) is 0 Å². The number of para-hydroxylation sites is 1. The molecule has 2 aromatic heterocycles. The van der Waals surface area contributed by atoms with Crippen LogP contribution in [0.15, 0.2) is 82.1 Å². The molecule has 1 atom stereocenters. The fourth-order valence-electron chi connectivity index (χ4n) is 3.45. The molecule has 3 aromatic carbocycles. The van der Waals surface area contributed by atoms with Gasteiger partial charge in [-0.05, 0) is 37.3 Å². The van der Waals surface area contributed by atoms with Crippen molar-refractivity contribution in [1.82, 2.24) is 15.1 Å². The van der Waals surface area contributed by atoms with Crippen molar-refractivity contribution in [1.29, 1.82) is 0 Å². The minimum absolute atomic E-state index is 0.276. The molecule has 5 rings (SSSR count). The quantitative estimate of drug-likeness (QED) is 0.432. The Kier molecular flexibility index (Phi) is 4.55. The van der Waals surface area contributed by atoms with Crippen LogP contribution in [-0.4, -0.2) is 21.1 Å². The molecule has 2 heterocycles. The third-order valence-corrected chi connectivity index (χ3v) is 5.05. The smallest absolute Gasteiger partial charge is 0.338 e. The van der Waals surface area contributed by atoms with Crippen LogP contribution in [0.2, 0.25) is 0 Å². The van der Waals surface area contributed by atoms with E-state index in [1.54, 1.807) is 49.4 Å². The first-order chi connectivity index (χ1) is 15.1. The second kappa shape index (κ2) is 7.53. The highest BCUT2D eigenvalue weighted by molar-refractivity contribution is 5.98. The van der Waals surface area contributed by atoms with Crippen molar-refractivity contribution in [2.24, 2.45) is 0 Å². The number of esters is 1. The Labute approximate surface area is 176 Å². The highest BCUT2D eigenvalue weighted by Gasteiger charge is 2.19.